The largest absolute Gasteiger partial charge is 0.490 e. The molecular weight excluding hydrogens is 686 g/mol. The van der Waals surface area contributed by atoms with Crippen LogP contribution >= 0.6 is 11.6 Å². The van der Waals surface area contributed by atoms with Gasteiger partial charge < -0.3 is 14.4 Å². The maximum Gasteiger partial charge on any atom is 0.286 e. The summed E-state index contributed by atoms with van der Waals surface area (Å²) in [6, 6.07) is 11.5. The molecule has 2 amide bonds. The number of nitrogens with zero attached hydrogens (tertiary/aromatic N) is 4. The third kappa shape index (κ3) is 8.21. The topological polar surface area (TPSA) is 115 Å². The van der Waals surface area contributed by atoms with Crippen LogP contribution in [0.25, 0.3) is 0 Å². The molecule has 51 heavy (non-hydrogen) atoms. The van der Waals surface area contributed by atoms with E-state index in [4.69, 9.17) is 21.1 Å². The Hall–Kier alpha value is -3.67. The third-order valence-corrected chi connectivity index (χ3v) is 13.0. The summed E-state index contributed by atoms with van der Waals surface area (Å²) in [7, 11) is 0.130. The Balaban J connectivity index is 1.37. The number of hydrogen-bond acceptors (Lipinski definition) is 7. The minimum Gasteiger partial charge on any atom is -0.490 e. The second kappa shape index (κ2) is 15.5. The van der Waals surface area contributed by atoms with Gasteiger partial charge in [-0.15, -0.1) is 4.36 Å². The lowest BCUT2D eigenvalue weighted by molar-refractivity contribution is -0.119. The number of ether oxygens (including phenoxy) is 2. The fourth-order valence-corrected chi connectivity index (χ4v) is 9.70. The highest BCUT2D eigenvalue weighted by atomic mass is 35.5. The number of fused-ring (bicyclic) bond motifs is 3. The van der Waals surface area contributed by atoms with Crippen molar-refractivity contribution in [1.82, 2.24) is 14.5 Å². The minimum absolute atomic E-state index is 0.0370. The highest BCUT2D eigenvalue weighted by Crippen LogP contribution is 2.45. The van der Waals surface area contributed by atoms with Crippen LogP contribution in [0.1, 0.15) is 78.7 Å². The average molecular weight is 736 g/mol. The number of carbonyl (C=O) groups is 2. The van der Waals surface area contributed by atoms with E-state index in [2.05, 4.69) is 51.1 Å². The number of hydrogen-bond donors (Lipinski definition) is 1. The van der Waals surface area contributed by atoms with E-state index in [1.807, 2.05) is 38.2 Å². The van der Waals surface area contributed by atoms with E-state index in [-0.39, 0.29) is 35.5 Å². The molecule has 3 heterocycles. The van der Waals surface area contributed by atoms with Crippen molar-refractivity contribution in [1.29, 1.82) is 0 Å². The molecule has 2 aliphatic heterocycles. The number of benzene rings is 2. The molecule has 6 rings (SSSR count). The van der Waals surface area contributed by atoms with E-state index in [1.54, 1.807) is 24.1 Å². The van der Waals surface area contributed by atoms with Crippen LogP contribution in [-0.4, -0.2) is 64.5 Å². The standard InChI is InChI=1S/C39H50ClN5O5S/c1-26-22-41-44(4)33(26)15-17-37(46)42-51(48)19-8-6-7-11-35(49-5)28(3)27(2)23-45-24-39(18-9-10-29-20-31(40)13-14-32(29)39)25-50-36-16-12-30(21-34(36)45)38(47)43-51/h7,11-14,16,20-22,27-28,35H,6,8-10,15,17-19,23-25H2,1-5H3,(H,42,43,46,47,48)/b11-7+/t27-,28+,35-,39-,51?/m0/s1. The lowest BCUT2D eigenvalue weighted by Crippen LogP contribution is -2.47. The van der Waals surface area contributed by atoms with Gasteiger partial charge in [-0.1, -0.05) is 43.7 Å². The summed E-state index contributed by atoms with van der Waals surface area (Å²) in [6.45, 7) is 8.29. The summed E-state index contributed by atoms with van der Waals surface area (Å²) in [4.78, 5) is 29.4. The van der Waals surface area contributed by atoms with E-state index in [1.165, 1.54) is 11.1 Å². The van der Waals surface area contributed by atoms with Crippen LogP contribution in [0.4, 0.5) is 5.69 Å². The summed E-state index contributed by atoms with van der Waals surface area (Å²) in [5.41, 5.74) is 5.24. The summed E-state index contributed by atoms with van der Waals surface area (Å²) < 4.78 is 35.6. The molecule has 12 heteroatoms. The summed E-state index contributed by atoms with van der Waals surface area (Å²) in [5, 5.41) is 4.98. The lowest BCUT2D eigenvalue weighted by atomic mass is 9.70. The van der Waals surface area contributed by atoms with Crippen molar-refractivity contribution in [3.05, 3.63) is 87.7 Å². The smallest absolute Gasteiger partial charge is 0.286 e. The van der Waals surface area contributed by atoms with Gasteiger partial charge in [0.15, 0.2) is 0 Å². The van der Waals surface area contributed by atoms with E-state index in [9.17, 15) is 13.8 Å². The van der Waals surface area contributed by atoms with Crippen LogP contribution < -0.4 is 14.4 Å². The first-order chi connectivity index (χ1) is 24.4. The molecule has 3 aromatic rings. The highest BCUT2D eigenvalue weighted by Gasteiger charge is 2.42. The van der Waals surface area contributed by atoms with Crippen molar-refractivity contribution >= 4 is 39.0 Å². The predicted molar refractivity (Wildman–Crippen MR) is 202 cm³/mol. The highest BCUT2D eigenvalue weighted by molar-refractivity contribution is 7.92. The first-order valence-corrected chi connectivity index (χ1v) is 20.0. The number of rotatable bonds is 5. The van der Waals surface area contributed by atoms with Gasteiger partial charge >= 0.3 is 0 Å². The van der Waals surface area contributed by atoms with Crippen molar-refractivity contribution in [2.75, 3.05) is 37.5 Å². The number of amides is 2. The van der Waals surface area contributed by atoms with Gasteiger partial charge in [0.2, 0.25) is 5.91 Å². The van der Waals surface area contributed by atoms with Gasteiger partial charge in [0.05, 0.1) is 30.3 Å². The molecule has 1 spiro atoms. The van der Waals surface area contributed by atoms with Crippen molar-refractivity contribution < 1.29 is 23.3 Å². The minimum atomic E-state index is -3.43. The second-order valence-electron chi connectivity index (χ2n) is 14.6. The van der Waals surface area contributed by atoms with Gasteiger partial charge in [-0.05, 0) is 104 Å². The maximum atomic E-state index is 14.3. The number of anilines is 1. The summed E-state index contributed by atoms with van der Waals surface area (Å²) in [5.74, 6) is 0.0578. The molecule has 0 saturated carbocycles. The SMILES string of the molecule is CO[C@H]1/C=C/CCCS(=O)(NC(=O)CCc2c(C)cnn2C)=NC(=O)c2ccc3c(c2)N(C[C@H](C)[C@H]1C)C[C@@]1(CCCc2cc(Cl)ccc21)CO3. The molecule has 2 aromatic carbocycles. The first-order valence-electron chi connectivity index (χ1n) is 18.0. The van der Waals surface area contributed by atoms with Crippen LogP contribution in [0, 0.1) is 18.8 Å². The molecule has 1 aliphatic carbocycles. The Labute approximate surface area is 307 Å². The Bertz CT molecular complexity index is 1910. The normalized spacial score (nSPS) is 27.5. The number of halogens is 1. The molecule has 10 nitrogen and oxygen atoms in total. The second-order valence-corrected chi connectivity index (χ2v) is 17.1. The quantitative estimate of drug-likeness (QED) is 0.288. The van der Waals surface area contributed by atoms with Gasteiger partial charge in [0.1, 0.15) is 15.7 Å². The summed E-state index contributed by atoms with van der Waals surface area (Å²) >= 11 is 6.45. The van der Waals surface area contributed by atoms with Gasteiger partial charge in [-0.3, -0.25) is 19.0 Å². The lowest BCUT2D eigenvalue weighted by Gasteiger charge is -2.42. The van der Waals surface area contributed by atoms with E-state index in [0.717, 1.165) is 41.2 Å². The zero-order valence-corrected chi connectivity index (χ0v) is 31.9. The van der Waals surface area contributed by atoms with E-state index < -0.39 is 21.7 Å². The van der Waals surface area contributed by atoms with E-state index in [0.29, 0.717) is 50.3 Å². The number of aryl methyl sites for hydroxylation is 3. The fraction of sp³-hybridized carbons (Fsp3) is 0.513. The number of aromatic nitrogens is 2. The third-order valence-electron chi connectivity index (χ3n) is 11.0. The Morgan fingerprint density at radius 2 is 2.02 bits per heavy atom. The molecule has 5 atom stereocenters. The van der Waals surface area contributed by atoms with Crippen molar-refractivity contribution in [2.45, 2.75) is 77.2 Å². The molecular formula is C39H50ClN5O5S. The molecule has 1 N–H and O–H groups in total. The molecule has 0 saturated heterocycles. The van der Waals surface area contributed by atoms with Crippen LogP contribution in [0.3, 0.4) is 0 Å². The van der Waals surface area contributed by atoms with Gasteiger partial charge in [-0.25, -0.2) is 4.21 Å². The maximum absolute atomic E-state index is 14.3. The molecule has 0 fully saturated rings. The molecule has 3 aliphatic rings. The van der Waals surface area contributed by atoms with Gasteiger partial charge in [-0.2, -0.15) is 5.10 Å². The first kappa shape index (κ1) is 37.1. The van der Waals surface area contributed by atoms with Crippen molar-refractivity contribution in [3.8, 4) is 5.75 Å². The molecule has 1 unspecified atom stereocenters. The average Bonchev–Trinajstić information content (AvgIpc) is 3.34. The molecule has 274 valence electrons. The van der Waals surface area contributed by atoms with Crippen LogP contribution in [0.2, 0.25) is 5.02 Å². The number of carbonyl (C=O) groups excluding carboxylic acids is 2. The van der Waals surface area contributed by atoms with Gasteiger partial charge in [0, 0.05) is 55.4 Å². The Kier molecular flexibility index (Phi) is 11.3. The number of methoxy groups -OCH3 is 1. The monoisotopic (exact) mass is 735 g/mol. The van der Waals surface area contributed by atoms with Crippen LogP contribution in [0.5, 0.6) is 5.75 Å². The Morgan fingerprint density at radius 3 is 2.78 bits per heavy atom. The molecule has 2 bridgehead atoms. The summed E-state index contributed by atoms with van der Waals surface area (Å²) in [6.07, 6.45) is 10.3. The zero-order valence-electron chi connectivity index (χ0n) is 30.3. The van der Waals surface area contributed by atoms with Crippen LogP contribution in [-0.2, 0) is 44.8 Å². The van der Waals surface area contributed by atoms with Crippen LogP contribution in [0.15, 0.2) is 59.1 Å². The number of nitrogens with one attached hydrogen (secondary N) is 1. The fourth-order valence-electron chi connectivity index (χ4n) is 7.88. The van der Waals surface area contributed by atoms with E-state index >= 15 is 0 Å². The van der Waals surface area contributed by atoms with Crippen molar-refractivity contribution in [2.24, 2.45) is 23.2 Å². The Morgan fingerprint density at radius 1 is 1.20 bits per heavy atom. The zero-order chi connectivity index (χ0) is 36.3. The number of allylic oxidation sites excluding steroid dienone is 1. The van der Waals surface area contributed by atoms with Crippen molar-refractivity contribution in [3.63, 3.8) is 0 Å². The predicted octanol–water partition coefficient (Wildman–Crippen LogP) is 6.76. The molecule has 0 radical (unpaired) electrons. The van der Waals surface area contributed by atoms with Gasteiger partial charge in [0.25, 0.3) is 5.91 Å². The molecule has 1 aromatic heterocycles.